The molecule has 0 fully saturated rings. The zero-order valence-electron chi connectivity index (χ0n) is 9.74. The quantitative estimate of drug-likeness (QED) is 0.631. The van der Waals surface area contributed by atoms with Crippen molar-refractivity contribution in [3.63, 3.8) is 0 Å². The summed E-state index contributed by atoms with van der Waals surface area (Å²) in [5.74, 6) is -0.213. The highest BCUT2D eigenvalue weighted by Crippen LogP contribution is 2.05. The van der Waals surface area contributed by atoms with E-state index in [-0.39, 0.29) is 36.7 Å². The highest BCUT2D eigenvalue weighted by atomic mass is 16.5. The summed E-state index contributed by atoms with van der Waals surface area (Å²) in [4.78, 5) is 25.8. The Morgan fingerprint density at radius 1 is 1.47 bits per heavy atom. The van der Waals surface area contributed by atoms with Crippen molar-refractivity contribution in [2.24, 2.45) is 0 Å². The first-order valence-electron chi connectivity index (χ1n) is 5.21. The molecule has 1 rings (SSSR count). The Balaban J connectivity index is 2.31. The summed E-state index contributed by atoms with van der Waals surface area (Å²) in [6.07, 6.45) is 0.171. The first kappa shape index (κ1) is 12.9. The minimum atomic E-state index is -0.266. The average molecular weight is 241 g/mol. The first-order valence-corrected chi connectivity index (χ1v) is 5.21. The number of aromatic amines is 1. The van der Waals surface area contributed by atoms with Crippen LogP contribution in [0.4, 0.5) is 5.95 Å². The van der Waals surface area contributed by atoms with Crippen LogP contribution in [0, 0.1) is 0 Å². The number of nitrogens with one attached hydrogen (secondary N) is 3. The highest BCUT2D eigenvalue weighted by molar-refractivity contribution is 5.89. The SMILES string of the molecule is CCOc1n[nH]c(NC(=O)CCNC(C)=O)n1. The molecule has 8 heteroatoms. The van der Waals surface area contributed by atoms with Crippen molar-refractivity contribution in [1.29, 1.82) is 0 Å². The van der Waals surface area contributed by atoms with Crippen LogP contribution in [0.2, 0.25) is 0 Å². The lowest BCUT2D eigenvalue weighted by Gasteiger charge is -2.01. The van der Waals surface area contributed by atoms with Gasteiger partial charge in [0.2, 0.25) is 17.8 Å². The summed E-state index contributed by atoms with van der Waals surface area (Å²) in [7, 11) is 0. The van der Waals surface area contributed by atoms with E-state index in [9.17, 15) is 9.59 Å². The van der Waals surface area contributed by atoms with Gasteiger partial charge in [0.15, 0.2) is 0 Å². The predicted octanol–water partition coefficient (Wildman–Crippen LogP) is -0.332. The Kier molecular flexibility index (Phi) is 4.92. The second-order valence-electron chi connectivity index (χ2n) is 3.18. The molecule has 0 aliphatic heterocycles. The average Bonchev–Trinajstić information content (AvgIpc) is 2.65. The molecule has 0 aromatic carbocycles. The topological polar surface area (TPSA) is 109 Å². The lowest BCUT2D eigenvalue weighted by Crippen LogP contribution is -2.25. The molecule has 0 bridgehead atoms. The van der Waals surface area contributed by atoms with Crippen molar-refractivity contribution in [2.75, 3.05) is 18.5 Å². The van der Waals surface area contributed by atoms with Crippen LogP contribution in [0.25, 0.3) is 0 Å². The molecule has 0 aliphatic carbocycles. The molecule has 2 amide bonds. The van der Waals surface area contributed by atoms with Gasteiger partial charge in [0.25, 0.3) is 0 Å². The Morgan fingerprint density at radius 3 is 2.88 bits per heavy atom. The van der Waals surface area contributed by atoms with Crippen LogP contribution in [0.15, 0.2) is 0 Å². The lowest BCUT2D eigenvalue weighted by atomic mass is 10.4. The van der Waals surface area contributed by atoms with Crippen LogP contribution in [-0.4, -0.2) is 40.1 Å². The molecule has 0 atom stereocenters. The summed E-state index contributed by atoms with van der Waals surface area (Å²) >= 11 is 0. The van der Waals surface area contributed by atoms with Crippen molar-refractivity contribution in [2.45, 2.75) is 20.3 Å². The van der Waals surface area contributed by atoms with E-state index in [1.807, 2.05) is 6.92 Å². The van der Waals surface area contributed by atoms with Gasteiger partial charge in [0.05, 0.1) is 6.61 Å². The van der Waals surface area contributed by atoms with E-state index in [4.69, 9.17) is 4.74 Å². The molecule has 0 unspecified atom stereocenters. The molecule has 0 aliphatic rings. The molecule has 1 heterocycles. The van der Waals surface area contributed by atoms with Crippen molar-refractivity contribution >= 4 is 17.8 Å². The second-order valence-corrected chi connectivity index (χ2v) is 3.18. The van der Waals surface area contributed by atoms with Gasteiger partial charge in [-0.1, -0.05) is 0 Å². The lowest BCUT2D eigenvalue weighted by molar-refractivity contribution is -0.119. The van der Waals surface area contributed by atoms with Crippen LogP contribution >= 0.6 is 0 Å². The molecule has 3 N–H and O–H groups in total. The number of H-pyrrole nitrogens is 1. The molecular weight excluding hydrogens is 226 g/mol. The zero-order chi connectivity index (χ0) is 12.7. The van der Waals surface area contributed by atoms with Crippen molar-refractivity contribution in [3.05, 3.63) is 0 Å². The van der Waals surface area contributed by atoms with Crippen molar-refractivity contribution < 1.29 is 14.3 Å². The Hall–Kier alpha value is -2.12. The van der Waals surface area contributed by atoms with Gasteiger partial charge >= 0.3 is 6.01 Å². The van der Waals surface area contributed by atoms with Gasteiger partial charge < -0.3 is 10.1 Å². The third-order valence-corrected chi connectivity index (χ3v) is 1.72. The van der Waals surface area contributed by atoms with Crippen LogP contribution in [-0.2, 0) is 9.59 Å². The molecule has 17 heavy (non-hydrogen) atoms. The molecule has 1 aromatic heterocycles. The monoisotopic (exact) mass is 241 g/mol. The number of hydrogen-bond acceptors (Lipinski definition) is 5. The van der Waals surface area contributed by atoms with E-state index < -0.39 is 0 Å². The van der Waals surface area contributed by atoms with E-state index in [0.717, 1.165) is 0 Å². The van der Waals surface area contributed by atoms with Gasteiger partial charge in [-0.05, 0) is 6.92 Å². The summed E-state index contributed by atoms with van der Waals surface area (Å²) in [6, 6.07) is 0.185. The van der Waals surface area contributed by atoms with Gasteiger partial charge in [0.1, 0.15) is 0 Å². The number of aromatic nitrogens is 3. The summed E-state index contributed by atoms with van der Waals surface area (Å²) < 4.78 is 5.02. The number of nitrogens with zero attached hydrogens (tertiary/aromatic N) is 2. The summed E-state index contributed by atoms with van der Waals surface area (Å²) in [5.41, 5.74) is 0. The molecule has 94 valence electrons. The number of rotatable bonds is 6. The number of ether oxygens (including phenoxy) is 1. The summed E-state index contributed by atoms with van der Waals surface area (Å²) in [6.45, 7) is 3.94. The molecule has 1 aromatic rings. The molecular formula is C9H15N5O3. The third-order valence-electron chi connectivity index (χ3n) is 1.72. The smallest absolute Gasteiger partial charge is 0.337 e. The number of anilines is 1. The zero-order valence-corrected chi connectivity index (χ0v) is 9.74. The minimum Gasteiger partial charge on any atom is -0.463 e. The van der Waals surface area contributed by atoms with Gasteiger partial charge in [-0.25, -0.2) is 5.10 Å². The van der Waals surface area contributed by atoms with E-state index in [2.05, 4.69) is 25.8 Å². The molecule has 0 spiro atoms. The van der Waals surface area contributed by atoms with Gasteiger partial charge in [0, 0.05) is 19.9 Å². The van der Waals surface area contributed by atoms with Crippen molar-refractivity contribution in [1.82, 2.24) is 20.5 Å². The van der Waals surface area contributed by atoms with E-state index >= 15 is 0 Å². The first-order chi connectivity index (χ1) is 8.11. The van der Waals surface area contributed by atoms with E-state index in [1.165, 1.54) is 6.92 Å². The maximum Gasteiger partial charge on any atom is 0.337 e. The molecule has 0 saturated heterocycles. The van der Waals surface area contributed by atoms with Gasteiger partial charge in [-0.3, -0.25) is 14.9 Å². The fourth-order valence-corrected chi connectivity index (χ4v) is 1.04. The number of amides is 2. The summed E-state index contributed by atoms with van der Waals surface area (Å²) in [5, 5.41) is 11.3. The van der Waals surface area contributed by atoms with Gasteiger partial charge in [-0.15, -0.1) is 5.10 Å². The number of carbonyl (C=O) groups is 2. The standard InChI is InChI=1S/C9H15N5O3/c1-3-17-9-12-8(13-14-9)11-7(16)4-5-10-6(2)15/h3-5H2,1-2H3,(H,10,15)(H2,11,12,13,14,16). The van der Waals surface area contributed by atoms with E-state index in [1.54, 1.807) is 0 Å². The Morgan fingerprint density at radius 2 is 2.24 bits per heavy atom. The fraction of sp³-hybridized carbons (Fsp3) is 0.556. The molecule has 0 radical (unpaired) electrons. The van der Waals surface area contributed by atoms with Crippen LogP contribution in [0.3, 0.4) is 0 Å². The maximum atomic E-state index is 11.4. The Bertz CT molecular complexity index is 390. The number of hydrogen-bond donors (Lipinski definition) is 3. The molecule has 0 saturated carbocycles. The van der Waals surface area contributed by atoms with Gasteiger partial charge in [-0.2, -0.15) is 4.98 Å². The maximum absolute atomic E-state index is 11.4. The van der Waals surface area contributed by atoms with Crippen LogP contribution in [0.5, 0.6) is 6.01 Å². The third kappa shape index (κ3) is 4.96. The Labute approximate surface area is 98.1 Å². The van der Waals surface area contributed by atoms with Crippen LogP contribution < -0.4 is 15.4 Å². The second kappa shape index (κ2) is 6.46. The molecule has 8 nitrogen and oxygen atoms in total. The highest BCUT2D eigenvalue weighted by Gasteiger charge is 2.07. The minimum absolute atomic E-state index is 0.170. The van der Waals surface area contributed by atoms with Crippen molar-refractivity contribution in [3.8, 4) is 6.01 Å². The fourth-order valence-electron chi connectivity index (χ4n) is 1.04. The largest absolute Gasteiger partial charge is 0.463 e. The normalized spacial score (nSPS) is 9.76. The van der Waals surface area contributed by atoms with Crippen LogP contribution in [0.1, 0.15) is 20.3 Å². The predicted molar refractivity (Wildman–Crippen MR) is 59.5 cm³/mol. The van der Waals surface area contributed by atoms with E-state index in [0.29, 0.717) is 6.61 Å². The number of carbonyl (C=O) groups excluding carboxylic acids is 2.